The Labute approximate surface area is 195 Å². The minimum absolute atomic E-state index is 0.0403. The van der Waals surface area contributed by atoms with Crippen LogP contribution >= 0.6 is 11.8 Å². The maximum Gasteiger partial charge on any atom is 0.262 e. The molecule has 3 N–H and O–H groups in total. The molecule has 9 nitrogen and oxygen atoms in total. The summed E-state index contributed by atoms with van der Waals surface area (Å²) in [7, 11) is -3.81. The van der Waals surface area contributed by atoms with Crippen LogP contribution in [0.2, 0.25) is 0 Å². The zero-order valence-electron chi connectivity index (χ0n) is 17.9. The molecule has 2 heterocycles. The van der Waals surface area contributed by atoms with Crippen LogP contribution in [0.15, 0.2) is 63.4 Å². The van der Waals surface area contributed by atoms with Crippen LogP contribution in [-0.2, 0) is 26.1 Å². The van der Waals surface area contributed by atoms with Crippen LogP contribution in [0.4, 0.5) is 5.69 Å². The third-order valence-electron chi connectivity index (χ3n) is 5.34. The molecule has 1 aromatic heterocycles. The highest BCUT2D eigenvalue weighted by Crippen LogP contribution is 2.25. The summed E-state index contributed by atoms with van der Waals surface area (Å²) in [6.45, 7) is 2.77. The van der Waals surface area contributed by atoms with Gasteiger partial charge in [0.2, 0.25) is 15.9 Å². The number of nitrogens with two attached hydrogens (primary N) is 1. The second-order valence-corrected chi connectivity index (χ2v) is 10.7. The van der Waals surface area contributed by atoms with E-state index in [0.717, 1.165) is 12.8 Å². The SMILES string of the molecule is C[C@@H](Sc1nc2ccccc2c(=O)n1C[C@@H]1CCCO1)C(=O)Nc1ccc(S(N)(=O)=O)cc1. The average molecular weight is 489 g/mol. The van der Waals surface area contributed by atoms with Crippen LogP contribution < -0.4 is 16.0 Å². The third kappa shape index (κ3) is 5.44. The zero-order chi connectivity index (χ0) is 23.6. The van der Waals surface area contributed by atoms with E-state index in [1.165, 1.54) is 36.0 Å². The van der Waals surface area contributed by atoms with Gasteiger partial charge in [-0.2, -0.15) is 0 Å². The summed E-state index contributed by atoms with van der Waals surface area (Å²) in [6.07, 6.45) is 1.76. The van der Waals surface area contributed by atoms with E-state index in [1.807, 2.05) is 6.07 Å². The van der Waals surface area contributed by atoms with E-state index < -0.39 is 15.3 Å². The fraction of sp³-hybridized carbons (Fsp3) is 0.318. The topological polar surface area (TPSA) is 133 Å². The first-order valence-electron chi connectivity index (χ1n) is 10.4. The van der Waals surface area contributed by atoms with Crippen molar-refractivity contribution in [3.05, 3.63) is 58.9 Å². The van der Waals surface area contributed by atoms with E-state index in [4.69, 9.17) is 9.88 Å². The van der Waals surface area contributed by atoms with Crippen molar-refractivity contribution in [1.29, 1.82) is 0 Å². The molecular weight excluding hydrogens is 464 g/mol. The number of fused-ring (bicyclic) bond motifs is 1. The van der Waals surface area contributed by atoms with Gasteiger partial charge in [-0.15, -0.1) is 0 Å². The number of hydrogen-bond donors (Lipinski definition) is 2. The number of primary sulfonamides is 1. The minimum atomic E-state index is -3.81. The number of carbonyl (C=O) groups excluding carboxylic acids is 1. The quantitative estimate of drug-likeness (QED) is 0.385. The van der Waals surface area contributed by atoms with Crippen LogP contribution in [0, 0.1) is 0 Å². The van der Waals surface area contributed by atoms with Crippen molar-refractivity contribution >= 4 is 44.3 Å². The monoisotopic (exact) mass is 488 g/mol. The van der Waals surface area contributed by atoms with Crippen LogP contribution in [0.1, 0.15) is 19.8 Å². The summed E-state index contributed by atoms with van der Waals surface area (Å²) < 4.78 is 30.1. The van der Waals surface area contributed by atoms with E-state index >= 15 is 0 Å². The van der Waals surface area contributed by atoms with Crippen molar-refractivity contribution in [2.75, 3.05) is 11.9 Å². The standard InChI is InChI=1S/C22H24N4O5S2/c1-14(20(27)24-15-8-10-17(11-9-15)33(23,29)30)32-22-25-19-7-3-2-6-18(19)21(28)26(22)13-16-5-4-12-31-16/h2-3,6-11,14,16H,4-5,12-13H2,1H3,(H,24,27)(H2,23,29,30)/t14-,16+/m1/s1. The molecule has 3 aromatic rings. The molecule has 1 fully saturated rings. The molecule has 11 heteroatoms. The van der Waals surface area contributed by atoms with Crippen molar-refractivity contribution in [2.24, 2.45) is 5.14 Å². The molecule has 33 heavy (non-hydrogen) atoms. The molecule has 0 radical (unpaired) electrons. The molecular formula is C22H24N4O5S2. The number of rotatable bonds is 7. The summed E-state index contributed by atoms with van der Waals surface area (Å²) in [5, 5.41) is 8.24. The first-order valence-corrected chi connectivity index (χ1v) is 12.9. The van der Waals surface area contributed by atoms with Crippen LogP contribution in [-0.4, -0.2) is 41.8 Å². The number of thioether (sulfide) groups is 1. The van der Waals surface area contributed by atoms with E-state index in [9.17, 15) is 18.0 Å². The second kappa shape index (κ2) is 9.64. The van der Waals surface area contributed by atoms with Gasteiger partial charge in [0.1, 0.15) is 0 Å². The van der Waals surface area contributed by atoms with E-state index in [2.05, 4.69) is 10.3 Å². The number of aromatic nitrogens is 2. The second-order valence-electron chi connectivity index (χ2n) is 7.78. The number of ether oxygens (including phenoxy) is 1. The number of carbonyl (C=O) groups is 1. The number of benzene rings is 2. The summed E-state index contributed by atoms with van der Waals surface area (Å²) >= 11 is 1.19. The molecule has 0 bridgehead atoms. The number of amides is 1. The molecule has 0 aliphatic carbocycles. The largest absolute Gasteiger partial charge is 0.376 e. The lowest BCUT2D eigenvalue weighted by molar-refractivity contribution is -0.115. The molecule has 4 rings (SSSR count). The molecule has 0 unspecified atom stereocenters. The molecule has 2 aromatic carbocycles. The van der Waals surface area contributed by atoms with Crippen molar-refractivity contribution in [3.8, 4) is 0 Å². The zero-order valence-corrected chi connectivity index (χ0v) is 19.6. The smallest absolute Gasteiger partial charge is 0.262 e. The number of hydrogen-bond acceptors (Lipinski definition) is 7. The van der Waals surface area contributed by atoms with Crippen molar-refractivity contribution < 1.29 is 17.9 Å². The number of anilines is 1. The Bertz CT molecular complexity index is 1330. The number of para-hydroxylation sites is 1. The van der Waals surface area contributed by atoms with Gasteiger partial charge in [-0.1, -0.05) is 23.9 Å². The Hall–Kier alpha value is -2.73. The van der Waals surface area contributed by atoms with E-state index in [0.29, 0.717) is 34.9 Å². The maximum atomic E-state index is 13.2. The van der Waals surface area contributed by atoms with E-state index in [-0.39, 0.29) is 22.5 Å². The Balaban J connectivity index is 1.56. The first-order chi connectivity index (χ1) is 15.7. The molecule has 0 spiro atoms. The van der Waals surface area contributed by atoms with Gasteiger partial charge in [-0.05, 0) is 56.2 Å². The first kappa shape index (κ1) is 23.4. The average Bonchev–Trinajstić information content (AvgIpc) is 3.29. The van der Waals surface area contributed by atoms with Gasteiger partial charge in [0.25, 0.3) is 5.56 Å². The predicted octanol–water partition coefficient (Wildman–Crippen LogP) is 2.34. The Morgan fingerprint density at radius 3 is 2.67 bits per heavy atom. The van der Waals surface area contributed by atoms with Gasteiger partial charge >= 0.3 is 0 Å². The number of nitrogens with one attached hydrogen (secondary N) is 1. The lowest BCUT2D eigenvalue weighted by Crippen LogP contribution is -2.30. The molecule has 1 saturated heterocycles. The van der Waals surface area contributed by atoms with Crippen LogP contribution in [0.25, 0.3) is 10.9 Å². The Morgan fingerprint density at radius 1 is 1.27 bits per heavy atom. The van der Waals surface area contributed by atoms with Gasteiger partial charge in [0, 0.05) is 12.3 Å². The normalized spacial score (nSPS) is 17.2. The molecule has 2 atom stereocenters. The maximum absolute atomic E-state index is 13.2. The van der Waals surface area contributed by atoms with Gasteiger partial charge < -0.3 is 10.1 Å². The Kier molecular flexibility index (Phi) is 6.84. The summed E-state index contributed by atoms with van der Waals surface area (Å²) in [4.78, 5) is 30.6. The lowest BCUT2D eigenvalue weighted by Gasteiger charge is -2.18. The fourth-order valence-electron chi connectivity index (χ4n) is 3.57. The van der Waals surface area contributed by atoms with Crippen molar-refractivity contribution in [1.82, 2.24) is 9.55 Å². The predicted molar refractivity (Wildman–Crippen MR) is 127 cm³/mol. The van der Waals surface area contributed by atoms with Gasteiger partial charge in [0.15, 0.2) is 5.16 Å². The van der Waals surface area contributed by atoms with Crippen molar-refractivity contribution in [2.45, 2.75) is 47.7 Å². The summed E-state index contributed by atoms with van der Waals surface area (Å²) in [5.41, 5.74) is 0.840. The summed E-state index contributed by atoms with van der Waals surface area (Å²) in [6, 6.07) is 12.7. The van der Waals surface area contributed by atoms with Gasteiger partial charge in [-0.3, -0.25) is 14.2 Å². The number of sulfonamides is 1. The highest BCUT2D eigenvalue weighted by molar-refractivity contribution is 8.00. The van der Waals surface area contributed by atoms with Crippen LogP contribution in [0.3, 0.4) is 0 Å². The van der Waals surface area contributed by atoms with Gasteiger partial charge in [0.05, 0.1) is 33.7 Å². The minimum Gasteiger partial charge on any atom is -0.376 e. The summed E-state index contributed by atoms with van der Waals surface area (Å²) in [5.74, 6) is -0.311. The Morgan fingerprint density at radius 2 is 2.00 bits per heavy atom. The molecule has 0 saturated carbocycles. The highest BCUT2D eigenvalue weighted by Gasteiger charge is 2.23. The highest BCUT2D eigenvalue weighted by atomic mass is 32.2. The van der Waals surface area contributed by atoms with Crippen molar-refractivity contribution in [3.63, 3.8) is 0 Å². The molecule has 1 amide bonds. The molecule has 1 aliphatic heterocycles. The lowest BCUT2D eigenvalue weighted by atomic mass is 10.2. The number of nitrogens with zero attached hydrogens (tertiary/aromatic N) is 2. The van der Waals surface area contributed by atoms with Gasteiger partial charge in [-0.25, -0.2) is 18.5 Å². The molecule has 174 valence electrons. The third-order valence-corrected chi connectivity index (χ3v) is 7.36. The molecule has 1 aliphatic rings. The van der Waals surface area contributed by atoms with E-state index in [1.54, 1.807) is 29.7 Å². The van der Waals surface area contributed by atoms with Crippen LogP contribution in [0.5, 0.6) is 0 Å². The fourth-order valence-corrected chi connectivity index (χ4v) is 5.01.